The highest BCUT2D eigenvalue weighted by Gasteiger charge is 2.17. The van der Waals surface area contributed by atoms with Crippen molar-refractivity contribution in [3.8, 4) is 23.7 Å². The van der Waals surface area contributed by atoms with Crippen LogP contribution in [0.4, 0.5) is 0 Å². The molecule has 0 atom stereocenters. The van der Waals surface area contributed by atoms with Gasteiger partial charge in [0.25, 0.3) is 5.56 Å². The molecule has 0 saturated carbocycles. The van der Waals surface area contributed by atoms with E-state index in [2.05, 4.69) is 15.9 Å². The van der Waals surface area contributed by atoms with Gasteiger partial charge < -0.3 is 0 Å². The average Bonchev–Trinajstić information content (AvgIpc) is 2.62. The minimum atomic E-state index is -0.453. The predicted molar refractivity (Wildman–Crippen MR) is 100 cm³/mol. The van der Waals surface area contributed by atoms with Gasteiger partial charge in [0.15, 0.2) is 11.5 Å². The topological polar surface area (TPSA) is 69.8 Å². The van der Waals surface area contributed by atoms with E-state index in [1.54, 1.807) is 31.3 Å². The Labute approximate surface area is 152 Å². The monoisotopic (exact) mass is 372 g/mol. The summed E-state index contributed by atoms with van der Waals surface area (Å²) in [5.74, 6) is 3.26. The van der Waals surface area contributed by atoms with Crippen molar-refractivity contribution in [3.05, 3.63) is 50.1 Å². The lowest BCUT2D eigenvalue weighted by Crippen LogP contribution is -2.37. The van der Waals surface area contributed by atoms with E-state index in [-0.39, 0.29) is 11.0 Å². The Balaban J connectivity index is 2.39. The van der Waals surface area contributed by atoms with E-state index >= 15 is 0 Å². The summed E-state index contributed by atoms with van der Waals surface area (Å²) in [7, 11) is 2.99. The van der Waals surface area contributed by atoms with E-state index in [9.17, 15) is 9.59 Å². The van der Waals surface area contributed by atoms with Gasteiger partial charge >= 0.3 is 5.69 Å². The lowest BCUT2D eigenvalue weighted by Gasteiger charge is -2.11. The molecule has 2 heterocycles. The number of nitrogens with zero attached hydrogens (tertiary/aromatic N) is 4. The number of thioether (sulfide) groups is 1. The molecule has 0 aliphatic rings. The van der Waals surface area contributed by atoms with Crippen LogP contribution in [0.5, 0.6) is 0 Å². The second-order valence-corrected chi connectivity index (χ2v) is 6.66. The van der Waals surface area contributed by atoms with E-state index in [0.29, 0.717) is 21.6 Å². The van der Waals surface area contributed by atoms with Gasteiger partial charge in [0.05, 0.1) is 5.75 Å². The van der Waals surface area contributed by atoms with E-state index in [0.717, 1.165) is 10.1 Å². The Morgan fingerprint density at radius 3 is 2.48 bits per heavy atom. The van der Waals surface area contributed by atoms with Crippen molar-refractivity contribution in [3.63, 3.8) is 0 Å². The van der Waals surface area contributed by atoms with Gasteiger partial charge in [-0.25, -0.2) is 14.8 Å². The van der Waals surface area contributed by atoms with Crippen LogP contribution in [0.1, 0.15) is 0 Å². The lowest BCUT2D eigenvalue weighted by atomic mass is 10.2. The van der Waals surface area contributed by atoms with E-state index in [4.69, 9.17) is 18.0 Å². The highest BCUT2D eigenvalue weighted by Crippen LogP contribution is 2.26. The Hall–Kier alpha value is -2.56. The molecule has 0 bridgehead atoms. The van der Waals surface area contributed by atoms with Gasteiger partial charge in [-0.05, 0) is 24.3 Å². The Morgan fingerprint density at radius 2 is 1.84 bits per heavy atom. The van der Waals surface area contributed by atoms with E-state index in [1.165, 1.54) is 23.4 Å². The molecule has 0 spiro atoms. The van der Waals surface area contributed by atoms with Crippen molar-refractivity contribution in [2.75, 3.05) is 5.75 Å². The molecule has 2 aromatic heterocycles. The first-order valence-corrected chi connectivity index (χ1v) is 8.60. The molecule has 25 heavy (non-hydrogen) atoms. The van der Waals surface area contributed by atoms with Gasteiger partial charge in [0.1, 0.15) is 10.4 Å². The van der Waals surface area contributed by atoms with Gasteiger partial charge in [-0.1, -0.05) is 29.3 Å². The number of terminal acetylenes is 1. The molecule has 126 valence electrons. The number of benzene rings is 1. The number of hydrogen-bond donors (Lipinski definition) is 0. The molecule has 6 nitrogen and oxygen atoms in total. The summed E-state index contributed by atoms with van der Waals surface area (Å²) in [5.41, 5.74) is 0.0981. The van der Waals surface area contributed by atoms with E-state index in [1.807, 2.05) is 0 Å². The third-order valence-electron chi connectivity index (χ3n) is 3.66. The van der Waals surface area contributed by atoms with Gasteiger partial charge in [0, 0.05) is 24.7 Å². The smallest absolute Gasteiger partial charge is 0.280 e. The maximum Gasteiger partial charge on any atom is 0.332 e. The third-order valence-corrected chi connectivity index (χ3v) is 4.79. The molecule has 8 heteroatoms. The molecule has 1 aromatic carbocycles. The maximum absolute atomic E-state index is 12.6. The van der Waals surface area contributed by atoms with Crippen LogP contribution in [0.2, 0.25) is 5.02 Å². The van der Waals surface area contributed by atoms with Crippen molar-refractivity contribution < 1.29 is 0 Å². The van der Waals surface area contributed by atoms with Crippen LogP contribution < -0.4 is 11.2 Å². The molecule has 0 aliphatic heterocycles. The fourth-order valence-corrected chi connectivity index (χ4v) is 3.19. The normalized spacial score (nSPS) is 10.8. The molecule has 0 fully saturated rings. The van der Waals surface area contributed by atoms with Crippen LogP contribution in [-0.4, -0.2) is 24.9 Å². The molecular formula is C17H13ClN4O2S. The zero-order valence-electron chi connectivity index (χ0n) is 13.5. The summed E-state index contributed by atoms with van der Waals surface area (Å²) < 4.78 is 2.37. The van der Waals surface area contributed by atoms with Crippen LogP contribution in [0.25, 0.3) is 22.4 Å². The number of aryl methyl sites for hydroxylation is 1. The van der Waals surface area contributed by atoms with Crippen LogP contribution in [0, 0.1) is 12.3 Å². The summed E-state index contributed by atoms with van der Waals surface area (Å²) in [6, 6.07) is 7.00. The molecule has 3 aromatic rings. The van der Waals surface area contributed by atoms with Gasteiger partial charge in [-0.3, -0.25) is 13.9 Å². The summed E-state index contributed by atoms with van der Waals surface area (Å²) in [6.07, 6.45) is 5.34. The molecule has 0 amide bonds. The first-order valence-electron chi connectivity index (χ1n) is 7.24. The molecule has 0 unspecified atom stereocenters. The van der Waals surface area contributed by atoms with E-state index < -0.39 is 11.2 Å². The maximum atomic E-state index is 12.6. The standard InChI is InChI=1S/C17H13ClN4O2S/c1-4-9-25-15-12-14(21(2)17(24)22(3)16(12)23)19-13(20-15)10-5-7-11(18)8-6-10/h1,5-8H,9H2,2-3H3. The Morgan fingerprint density at radius 1 is 1.16 bits per heavy atom. The van der Waals surface area contributed by atoms with Gasteiger partial charge in [0.2, 0.25) is 0 Å². The fraction of sp³-hybridized carbons (Fsp3) is 0.176. The first kappa shape index (κ1) is 17.3. The van der Waals surface area contributed by atoms with Gasteiger partial charge in [-0.2, -0.15) is 0 Å². The molecule has 0 aliphatic carbocycles. The van der Waals surface area contributed by atoms with Crippen LogP contribution in [0.15, 0.2) is 38.9 Å². The minimum absolute atomic E-state index is 0.271. The van der Waals surface area contributed by atoms with Crippen molar-refractivity contribution >= 4 is 34.4 Å². The summed E-state index contributed by atoms with van der Waals surface area (Å²) in [5, 5.41) is 1.32. The third kappa shape index (κ3) is 3.06. The summed E-state index contributed by atoms with van der Waals surface area (Å²) >= 11 is 7.18. The highest BCUT2D eigenvalue weighted by molar-refractivity contribution is 7.99. The van der Waals surface area contributed by atoms with Crippen molar-refractivity contribution in [1.29, 1.82) is 0 Å². The van der Waals surface area contributed by atoms with Crippen LogP contribution in [-0.2, 0) is 14.1 Å². The molecular weight excluding hydrogens is 360 g/mol. The summed E-state index contributed by atoms with van der Waals surface area (Å²) in [4.78, 5) is 33.7. The second kappa shape index (κ2) is 6.75. The van der Waals surface area contributed by atoms with Crippen LogP contribution >= 0.6 is 23.4 Å². The number of hydrogen-bond acceptors (Lipinski definition) is 5. The summed E-state index contributed by atoms with van der Waals surface area (Å²) in [6.45, 7) is 0. The fourth-order valence-electron chi connectivity index (χ4n) is 2.37. The zero-order chi connectivity index (χ0) is 18.1. The number of rotatable bonds is 3. The quantitative estimate of drug-likeness (QED) is 0.400. The SMILES string of the molecule is C#CCSc1nc(-c2ccc(Cl)cc2)nc2c1c(=O)n(C)c(=O)n2C. The zero-order valence-corrected chi connectivity index (χ0v) is 15.1. The van der Waals surface area contributed by atoms with Crippen molar-refractivity contribution in [2.45, 2.75) is 5.03 Å². The Kier molecular flexibility index (Phi) is 4.66. The number of fused-ring (bicyclic) bond motifs is 1. The highest BCUT2D eigenvalue weighted by atomic mass is 35.5. The second-order valence-electron chi connectivity index (χ2n) is 5.26. The minimum Gasteiger partial charge on any atom is -0.280 e. The predicted octanol–water partition coefficient (Wildman–Crippen LogP) is 2.07. The van der Waals surface area contributed by atoms with Crippen molar-refractivity contribution in [1.82, 2.24) is 19.1 Å². The molecule has 0 saturated heterocycles. The first-order chi connectivity index (χ1) is 11.9. The molecule has 3 rings (SSSR count). The molecule has 0 N–H and O–H groups in total. The average molecular weight is 373 g/mol. The van der Waals surface area contributed by atoms with Crippen molar-refractivity contribution in [2.24, 2.45) is 14.1 Å². The lowest BCUT2D eigenvalue weighted by molar-refractivity contribution is 0.703. The van der Waals surface area contributed by atoms with Gasteiger partial charge in [-0.15, -0.1) is 6.42 Å². The number of halogens is 1. The molecule has 0 radical (unpaired) electrons. The largest absolute Gasteiger partial charge is 0.332 e. The Bertz CT molecular complexity index is 1130. The van der Waals surface area contributed by atoms with Crippen LogP contribution in [0.3, 0.4) is 0 Å². The number of aromatic nitrogens is 4.